The summed E-state index contributed by atoms with van der Waals surface area (Å²) in [5.74, 6) is -2.60. The average Bonchev–Trinajstić information content (AvgIpc) is 3.61. The highest BCUT2D eigenvalue weighted by Crippen LogP contribution is 2.48. The number of benzene rings is 2. The van der Waals surface area contributed by atoms with Crippen molar-refractivity contribution in [3.05, 3.63) is 65.7 Å². The van der Waals surface area contributed by atoms with Crippen molar-refractivity contribution < 1.29 is 32.7 Å². The lowest BCUT2D eigenvalue weighted by molar-refractivity contribution is -0.192. The van der Waals surface area contributed by atoms with Crippen LogP contribution in [0.1, 0.15) is 50.2 Å². The van der Waals surface area contributed by atoms with Crippen molar-refractivity contribution in [2.24, 2.45) is 0 Å². The van der Waals surface area contributed by atoms with Gasteiger partial charge < -0.3 is 15.7 Å². The molecule has 0 unspecified atom stereocenters. The fraction of sp³-hybridized carbons (Fsp3) is 0.400. The third-order valence-electron chi connectivity index (χ3n) is 5.45. The summed E-state index contributed by atoms with van der Waals surface area (Å²) in [6.45, 7) is 2.72. The predicted molar refractivity (Wildman–Crippen MR) is 122 cm³/mol. The number of amides is 2. The fourth-order valence-electron chi connectivity index (χ4n) is 3.34. The van der Waals surface area contributed by atoms with Crippen LogP contribution < -0.4 is 10.6 Å². The Kier molecular flexibility index (Phi) is 9.65. The number of nitrogens with one attached hydrogen (secondary N) is 2. The first kappa shape index (κ1) is 26.9. The summed E-state index contributed by atoms with van der Waals surface area (Å²) < 4.78 is 31.7. The number of halogens is 3. The quantitative estimate of drug-likeness (QED) is 0.481. The Morgan fingerprint density at radius 1 is 1.00 bits per heavy atom. The zero-order valence-electron chi connectivity index (χ0n) is 19.0. The highest BCUT2D eigenvalue weighted by atomic mass is 19.4. The summed E-state index contributed by atoms with van der Waals surface area (Å²) >= 11 is 0. The second-order valence-electron chi connectivity index (χ2n) is 8.11. The van der Waals surface area contributed by atoms with Gasteiger partial charge in [0.05, 0.1) is 5.41 Å². The summed E-state index contributed by atoms with van der Waals surface area (Å²) in [5, 5.41) is 13.1. The summed E-state index contributed by atoms with van der Waals surface area (Å²) in [7, 11) is 0. The molecule has 0 spiro atoms. The zero-order valence-corrected chi connectivity index (χ0v) is 19.0. The molecule has 2 aromatic rings. The molecule has 3 rings (SSSR count). The van der Waals surface area contributed by atoms with E-state index in [0.29, 0.717) is 13.0 Å². The molecule has 6 nitrogen and oxygen atoms in total. The maximum atomic E-state index is 12.7. The van der Waals surface area contributed by atoms with Crippen molar-refractivity contribution in [1.29, 1.82) is 0 Å². The second-order valence-corrected chi connectivity index (χ2v) is 8.11. The Bertz CT molecular complexity index is 956. The third kappa shape index (κ3) is 8.20. The van der Waals surface area contributed by atoms with Crippen LogP contribution in [0, 0.1) is 0 Å². The Labute approximate surface area is 196 Å². The van der Waals surface area contributed by atoms with Gasteiger partial charge in [-0.25, -0.2) is 4.79 Å². The van der Waals surface area contributed by atoms with Crippen LogP contribution in [0.25, 0.3) is 0 Å². The van der Waals surface area contributed by atoms with E-state index in [2.05, 4.69) is 29.7 Å². The summed E-state index contributed by atoms with van der Waals surface area (Å²) in [6, 6.07) is 17.9. The maximum Gasteiger partial charge on any atom is 0.490 e. The molecule has 0 atom stereocenters. The number of alkyl halides is 3. The molecule has 3 N–H and O–H groups in total. The number of hydrogen-bond acceptors (Lipinski definition) is 3. The number of unbranched alkanes of at least 4 members (excludes halogenated alkanes) is 1. The number of hydrogen-bond donors (Lipinski definition) is 3. The molecule has 0 bridgehead atoms. The Hall–Kier alpha value is -3.36. The zero-order chi connectivity index (χ0) is 25.2. The molecule has 2 aromatic carbocycles. The minimum atomic E-state index is -5.08. The third-order valence-corrected chi connectivity index (χ3v) is 5.45. The van der Waals surface area contributed by atoms with Gasteiger partial charge >= 0.3 is 12.1 Å². The highest BCUT2D eigenvalue weighted by Gasteiger charge is 2.51. The molecule has 1 aliphatic rings. The average molecular weight is 479 g/mol. The van der Waals surface area contributed by atoms with Crippen molar-refractivity contribution in [3.8, 4) is 0 Å². The monoisotopic (exact) mass is 478 g/mol. The first-order valence-electron chi connectivity index (χ1n) is 11.1. The molecular formula is C25H29F3N2O4. The molecule has 0 radical (unpaired) electrons. The Morgan fingerprint density at radius 2 is 1.59 bits per heavy atom. The summed E-state index contributed by atoms with van der Waals surface area (Å²) in [6.07, 6.45) is -0.0272. The number of carboxylic acids is 1. The summed E-state index contributed by atoms with van der Waals surface area (Å²) in [4.78, 5) is 33.4. The molecule has 1 saturated carbocycles. The van der Waals surface area contributed by atoms with E-state index in [1.807, 2.05) is 42.5 Å². The molecule has 2 amide bonds. The van der Waals surface area contributed by atoms with Crippen LogP contribution >= 0.6 is 0 Å². The van der Waals surface area contributed by atoms with Crippen LogP contribution in [0.2, 0.25) is 0 Å². The van der Waals surface area contributed by atoms with E-state index in [4.69, 9.17) is 9.90 Å². The van der Waals surface area contributed by atoms with Gasteiger partial charge in [0, 0.05) is 18.7 Å². The largest absolute Gasteiger partial charge is 0.490 e. The van der Waals surface area contributed by atoms with Gasteiger partial charge in [-0.05, 0) is 48.9 Å². The smallest absolute Gasteiger partial charge is 0.475 e. The van der Waals surface area contributed by atoms with Gasteiger partial charge in [0.25, 0.3) is 0 Å². The van der Waals surface area contributed by atoms with E-state index in [-0.39, 0.29) is 17.2 Å². The van der Waals surface area contributed by atoms with Crippen molar-refractivity contribution in [2.75, 3.05) is 11.9 Å². The maximum absolute atomic E-state index is 12.7. The molecule has 0 aromatic heterocycles. The summed E-state index contributed by atoms with van der Waals surface area (Å²) in [5.41, 5.74) is 2.67. The van der Waals surface area contributed by atoms with Gasteiger partial charge in [-0.15, -0.1) is 0 Å². The first-order chi connectivity index (χ1) is 16.1. The molecule has 1 aliphatic carbocycles. The van der Waals surface area contributed by atoms with E-state index in [1.54, 1.807) is 0 Å². The van der Waals surface area contributed by atoms with Crippen LogP contribution in [-0.4, -0.2) is 35.6 Å². The molecule has 0 aliphatic heterocycles. The minimum Gasteiger partial charge on any atom is -0.475 e. The number of anilines is 1. The van der Waals surface area contributed by atoms with Gasteiger partial charge in [0.1, 0.15) is 0 Å². The van der Waals surface area contributed by atoms with Crippen molar-refractivity contribution in [1.82, 2.24) is 5.32 Å². The van der Waals surface area contributed by atoms with Crippen molar-refractivity contribution in [3.63, 3.8) is 0 Å². The number of carbonyl (C=O) groups excluding carboxylic acids is 2. The van der Waals surface area contributed by atoms with Crippen LogP contribution in [0.3, 0.4) is 0 Å². The highest BCUT2D eigenvalue weighted by molar-refractivity contribution is 5.92. The fourth-order valence-corrected chi connectivity index (χ4v) is 3.34. The van der Waals surface area contributed by atoms with E-state index in [9.17, 15) is 22.8 Å². The van der Waals surface area contributed by atoms with Crippen LogP contribution in [0.5, 0.6) is 0 Å². The van der Waals surface area contributed by atoms with Gasteiger partial charge in [-0.2, -0.15) is 13.2 Å². The van der Waals surface area contributed by atoms with Crippen LogP contribution in [0.15, 0.2) is 54.6 Å². The standard InChI is InChI=1S/C23H28N2O2.C2HF3O2/c1-2-3-9-21(26)25-20-12-10-19(11-13-20)23(15-16-23)22(27)24-17-14-18-7-5-4-6-8-18;3-2(4,5)1(6)7/h4-8,10-13H,2-3,9,14-17H2,1H3,(H,24,27)(H,25,26);(H,6,7). The van der Waals surface area contributed by atoms with Crippen LogP contribution in [-0.2, 0) is 26.2 Å². The van der Waals surface area contributed by atoms with Crippen molar-refractivity contribution >= 4 is 23.5 Å². The molecule has 9 heteroatoms. The lowest BCUT2D eigenvalue weighted by Gasteiger charge is -2.16. The lowest BCUT2D eigenvalue weighted by atomic mass is 9.94. The topological polar surface area (TPSA) is 95.5 Å². The van der Waals surface area contributed by atoms with Crippen molar-refractivity contribution in [2.45, 2.75) is 57.0 Å². The van der Waals surface area contributed by atoms with E-state index >= 15 is 0 Å². The first-order valence-corrected chi connectivity index (χ1v) is 11.1. The lowest BCUT2D eigenvalue weighted by Crippen LogP contribution is -2.35. The van der Waals surface area contributed by atoms with Gasteiger partial charge in [0.2, 0.25) is 11.8 Å². The number of carbonyl (C=O) groups is 3. The number of carboxylic acid groups (broad SMARTS) is 1. The molecule has 0 heterocycles. The SMILES string of the molecule is CCCCC(=O)Nc1ccc(C2(C(=O)NCCc3ccccc3)CC2)cc1.O=C(O)C(F)(F)F. The number of aliphatic carboxylic acids is 1. The van der Waals surface area contributed by atoms with E-state index < -0.39 is 12.1 Å². The predicted octanol–water partition coefficient (Wildman–Crippen LogP) is 4.84. The van der Waals surface area contributed by atoms with E-state index in [0.717, 1.165) is 43.4 Å². The van der Waals surface area contributed by atoms with Gasteiger partial charge in [-0.1, -0.05) is 55.8 Å². The van der Waals surface area contributed by atoms with Crippen LogP contribution in [0.4, 0.5) is 18.9 Å². The molecule has 0 saturated heterocycles. The molecule has 1 fully saturated rings. The molecule has 34 heavy (non-hydrogen) atoms. The molecule has 184 valence electrons. The normalized spacial score (nSPS) is 13.8. The number of rotatable bonds is 9. The van der Waals surface area contributed by atoms with Gasteiger partial charge in [-0.3, -0.25) is 9.59 Å². The van der Waals surface area contributed by atoms with E-state index in [1.165, 1.54) is 5.56 Å². The Morgan fingerprint density at radius 3 is 2.09 bits per heavy atom. The van der Waals surface area contributed by atoms with Gasteiger partial charge in [0.15, 0.2) is 0 Å². The second kappa shape index (κ2) is 12.2. The Balaban J connectivity index is 0.000000509. The minimum absolute atomic E-state index is 0.0457. The molecular weight excluding hydrogens is 449 g/mol.